The number of benzene rings is 1. The number of hydrogen-bond donors (Lipinski definition) is 1. The number of fused-ring (bicyclic) bond motifs is 1. The van der Waals surface area contributed by atoms with Crippen LogP contribution in [0.4, 0.5) is 0 Å². The van der Waals surface area contributed by atoms with Crippen molar-refractivity contribution in [1.29, 1.82) is 0 Å². The third-order valence-electron chi connectivity index (χ3n) is 3.50. The minimum absolute atomic E-state index is 0.0421. The van der Waals surface area contributed by atoms with Crippen LogP contribution in [0, 0.1) is 10.8 Å². The highest BCUT2D eigenvalue weighted by Crippen LogP contribution is 2.44. The summed E-state index contributed by atoms with van der Waals surface area (Å²) in [5.41, 5.74) is 1.86. The minimum Gasteiger partial charge on any atom is -0.481 e. The largest absolute Gasteiger partial charge is 0.481 e. The van der Waals surface area contributed by atoms with Gasteiger partial charge in [-0.3, -0.25) is 4.79 Å². The van der Waals surface area contributed by atoms with E-state index in [1.165, 1.54) is 11.1 Å². The topological polar surface area (TPSA) is 37.3 Å². The van der Waals surface area contributed by atoms with Gasteiger partial charge in [0.2, 0.25) is 0 Å². The molecule has 1 aliphatic carbocycles. The van der Waals surface area contributed by atoms with Crippen LogP contribution in [0.15, 0.2) is 24.3 Å². The summed E-state index contributed by atoms with van der Waals surface area (Å²) in [5, 5.41) is 9.60. The van der Waals surface area contributed by atoms with Gasteiger partial charge in [0, 0.05) is 0 Å². The van der Waals surface area contributed by atoms with E-state index in [4.69, 9.17) is 0 Å². The van der Waals surface area contributed by atoms with Crippen LogP contribution in [0.2, 0.25) is 0 Å². The van der Waals surface area contributed by atoms with Gasteiger partial charge in [-0.25, -0.2) is 0 Å². The molecule has 2 rings (SSSR count). The number of carbonyl (C=O) groups is 1. The Kier molecular flexibility index (Phi) is 2.76. The standard InChI is InChI=1S/C15H20O2/c1-14(2,3)10-15(13(16)17)8-11-6-4-5-7-12(11)9-15/h4-7H,8-10H2,1-3H3,(H,16,17). The lowest BCUT2D eigenvalue weighted by molar-refractivity contribution is -0.150. The summed E-state index contributed by atoms with van der Waals surface area (Å²) >= 11 is 0. The van der Waals surface area contributed by atoms with Crippen molar-refractivity contribution in [2.75, 3.05) is 0 Å². The van der Waals surface area contributed by atoms with Crippen molar-refractivity contribution in [2.24, 2.45) is 10.8 Å². The smallest absolute Gasteiger partial charge is 0.310 e. The van der Waals surface area contributed by atoms with Crippen molar-refractivity contribution in [3.8, 4) is 0 Å². The molecular formula is C15H20O2. The summed E-state index contributed by atoms with van der Waals surface area (Å²) in [5.74, 6) is -0.649. The summed E-state index contributed by atoms with van der Waals surface area (Å²) in [4.78, 5) is 11.7. The Morgan fingerprint density at radius 2 is 1.71 bits per heavy atom. The van der Waals surface area contributed by atoms with E-state index in [0.717, 1.165) is 6.42 Å². The van der Waals surface area contributed by atoms with Crippen LogP contribution < -0.4 is 0 Å². The Hall–Kier alpha value is -1.31. The average Bonchev–Trinajstić information content (AvgIpc) is 2.53. The first-order valence-corrected chi connectivity index (χ1v) is 6.13. The molecule has 0 heterocycles. The molecule has 0 bridgehead atoms. The Balaban J connectivity index is 2.33. The Labute approximate surface area is 103 Å². The van der Waals surface area contributed by atoms with Gasteiger partial charge in [-0.05, 0) is 35.8 Å². The fraction of sp³-hybridized carbons (Fsp3) is 0.533. The molecule has 1 aromatic rings. The number of carboxylic acids is 1. The number of carboxylic acid groups (broad SMARTS) is 1. The normalized spacial score (nSPS) is 17.8. The second-order valence-electron chi connectivity index (χ2n) is 6.45. The highest BCUT2D eigenvalue weighted by Gasteiger charge is 2.45. The third kappa shape index (κ3) is 2.36. The van der Waals surface area contributed by atoms with Crippen molar-refractivity contribution < 1.29 is 9.90 Å². The molecule has 0 aromatic heterocycles. The first-order chi connectivity index (χ1) is 7.82. The molecule has 0 radical (unpaired) electrons. The summed E-state index contributed by atoms with van der Waals surface area (Å²) < 4.78 is 0. The fourth-order valence-corrected chi connectivity index (χ4v) is 3.06. The Morgan fingerprint density at radius 3 is 2.06 bits per heavy atom. The Morgan fingerprint density at radius 1 is 1.24 bits per heavy atom. The lowest BCUT2D eigenvalue weighted by Gasteiger charge is -2.31. The maximum absolute atomic E-state index is 11.7. The molecule has 1 N–H and O–H groups in total. The van der Waals surface area contributed by atoms with Gasteiger partial charge in [0.05, 0.1) is 5.41 Å². The summed E-state index contributed by atoms with van der Waals surface area (Å²) in [7, 11) is 0. The summed E-state index contributed by atoms with van der Waals surface area (Å²) in [6.45, 7) is 6.34. The Bertz CT molecular complexity index is 415. The van der Waals surface area contributed by atoms with Gasteiger partial charge >= 0.3 is 5.97 Å². The minimum atomic E-state index is -0.649. The van der Waals surface area contributed by atoms with Gasteiger partial charge in [-0.15, -0.1) is 0 Å². The molecule has 17 heavy (non-hydrogen) atoms. The van der Waals surface area contributed by atoms with Crippen molar-refractivity contribution in [1.82, 2.24) is 0 Å². The quantitative estimate of drug-likeness (QED) is 0.849. The van der Waals surface area contributed by atoms with E-state index in [-0.39, 0.29) is 5.41 Å². The fourth-order valence-electron chi connectivity index (χ4n) is 3.06. The van der Waals surface area contributed by atoms with Crippen LogP contribution in [0.1, 0.15) is 38.3 Å². The molecule has 0 saturated carbocycles. The second-order valence-corrected chi connectivity index (χ2v) is 6.45. The first-order valence-electron chi connectivity index (χ1n) is 6.13. The molecule has 0 aliphatic heterocycles. The molecule has 0 spiro atoms. The lowest BCUT2D eigenvalue weighted by atomic mass is 9.72. The maximum atomic E-state index is 11.7. The van der Waals surface area contributed by atoms with Crippen molar-refractivity contribution in [3.63, 3.8) is 0 Å². The van der Waals surface area contributed by atoms with E-state index in [0.29, 0.717) is 12.8 Å². The maximum Gasteiger partial charge on any atom is 0.310 e. The predicted octanol–water partition coefficient (Wildman–Crippen LogP) is 3.29. The SMILES string of the molecule is CC(C)(C)CC1(C(=O)O)Cc2ccccc2C1. The van der Waals surface area contributed by atoms with Crippen molar-refractivity contribution in [2.45, 2.75) is 40.0 Å². The molecule has 2 nitrogen and oxygen atoms in total. The predicted molar refractivity (Wildman–Crippen MR) is 68.0 cm³/mol. The van der Waals surface area contributed by atoms with E-state index in [1.54, 1.807) is 0 Å². The van der Waals surface area contributed by atoms with E-state index < -0.39 is 11.4 Å². The van der Waals surface area contributed by atoms with Crippen molar-refractivity contribution >= 4 is 5.97 Å². The zero-order valence-corrected chi connectivity index (χ0v) is 10.8. The van der Waals surface area contributed by atoms with Crippen LogP contribution in [0.25, 0.3) is 0 Å². The lowest BCUT2D eigenvalue weighted by Crippen LogP contribution is -2.35. The number of aliphatic carboxylic acids is 1. The molecule has 0 atom stereocenters. The van der Waals surface area contributed by atoms with E-state index >= 15 is 0 Å². The van der Waals surface area contributed by atoms with Crippen LogP contribution in [0.3, 0.4) is 0 Å². The van der Waals surface area contributed by atoms with E-state index in [2.05, 4.69) is 32.9 Å². The van der Waals surface area contributed by atoms with E-state index in [9.17, 15) is 9.90 Å². The number of hydrogen-bond acceptors (Lipinski definition) is 1. The average molecular weight is 232 g/mol. The first kappa shape index (κ1) is 12.2. The monoisotopic (exact) mass is 232 g/mol. The molecule has 1 aliphatic rings. The highest BCUT2D eigenvalue weighted by molar-refractivity contribution is 5.77. The highest BCUT2D eigenvalue weighted by atomic mass is 16.4. The number of rotatable bonds is 2. The zero-order valence-electron chi connectivity index (χ0n) is 10.8. The van der Waals surface area contributed by atoms with Gasteiger partial charge in [-0.2, -0.15) is 0 Å². The summed E-state index contributed by atoms with van der Waals surface area (Å²) in [6, 6.07) is 8.10. The van der Waals surface area contributed by atoms with Gasteiger partial charge in [0.25, 0.3) is 0 Å². The van der Waals surface area contributed by atoms with Gasteiger partial charge in [0.15, 0.2) is 0 Å². The molecule has 1 aromatic carbocycles. The molecule has 92 valence electrons. The van der Waals surface area contributed by atoms with E-state index in [1.807, 2.05) is 12.1 Å². The molecule has 0 fully saturated rings. The summed E-state index contributed by atoms with van der Waals surface area (Å²) in [6.07, 6.45) is 2.08. The van der Waals surface area contributed by atoms with Crippen LogP contribution >= 0.6 is 0 Å². The van der Waals surface area contributed by atoms with Crippen LogP contribution in [-0.2, 0) is 17.6 Å². The third-order valence-corrected chi connectivity index (χ3v) is 3.50. The van der Waals surface area contributed by atoms with Gasteiger partial charge < -0.3 is 5.11 Å². The van der Waals surface area contributed by atoms with Gasteiger partial charge in [0.1, 0.15) is 0 Å². The van der Waals surface area contributed by atoms with Crippen LogP contribution in [-0.4, -0.2) is 11.1 Å². The molecule has 0 saturated heterocycles. The molecule has 0 unspecified atom stereocenters. The van der Waals surface area contributed by atoms with Crippen LogP contribution in [0.5, 0.6) is 0 Å². The molecular weight excluding hydrogens is 212 g/mol. The van der Waals surface area contributed by atoms with Gasteiger partial charge in [-0.1, -0.05) is 45.0 Å². The zero-order chi connectivity index (χ0) is 12.7. The molecule has 2 heteroatoms. The van der Waals surface area contributed by atoms with Crippen molar-refractivity contribution in [3.05, 3.63) is 35.4 Å². The second kappa shape index (κ2) is 3.86. The molecule has 0 amide bonds.